The number of ether oxygens (including phenoxy) is 1. The lowest BCUT2D eigenvalue weighted by Crippen LogP contribution is -2.15. The van der Waals surface area contributed by atoms with Crippen molar-refractivity contribution in [2.45, 2.75) is 42.9 Å². The molecule has 0 aliphatic heterocycles. The molecule has 1 aromatic rings. The van der Waals surface area contributed by atoms with Crippen molar-refractivity contribution >= 4 is 11.8 Å². The van der Waals surface area contributed by atoms with Gasteiger partial charge in [0.1, 0.15) is 0 Å². The zero-order valence-electron chi connectivity index (χ0n) is 12.3. The van der Waals surface area contributed by atoms with E-state index in [0.29, 0.717) is 12.0 Å². The number of thioether (sulfide) groups is 1. The minimum atomic E-state index is 0.428. The number of nitrogens with zero attached hydrogens (tertiary/aromatic N) is 2. The molecule has 0 amide bonds. The van der Waals surface area contributed by atoms with Gasteiger partial charge in [-0.25, -0.2) is 4.98 Å². The fourth-order valence-electron chi connectivity index (χ4n) is 2.84. The lowest BCUT2D eigenvalue weighted by atomic mass is 9.96. The molecule has 1 saturated carbocycles. The third-order valence-electron chi connectivity index (χ3n) is 3.82. The predicted molar refractivity (Wildman–Crippen MR) is 80.8 cm³/mol. The Morgan fingerprint density at radius 1 is 1.37 bits per heavy atom. The second-order valence-corrected chi connectivity index (χ2v) is 6.32. The molecule has 4 heteroatoms. The topological polar surface area (TPSA) is 25.4 Å². The molecule has 2 atom stereocenters. The van der Waals surface area contributed by atoms with Gasteiger partial charge in [-0.1, -0.05) is 6.07 Å². The molecule has 106 valence electrons. The van der Waals surface area contributed by atoms with Gasteiger partial charge in [-0.05, 0) is 57.2 Å². The number of aromatic nitrogens is 1. The van der Waals surface area contributed by atoms with Crippen molar-refractivity contribution in [2.24, 2.45) is 0 Å². The van der Waals surface area contributed by atoms with E-state index in [4.69, 9.17) is 9.72 Å². The summed E-state index contributed by atoms with van der Waals surface area (Å²) in [5.74, 6) is 0.614. The van der Waals surface area contributed by atoms with Gasteiger partial charge in [0.15, 0.2) is 0 Å². The van der Waals surface area contributed by atoms with Gasteiger partial charge in [-0.3, -0.25) is 0 Å². The van der Waals surface area contributed by atoms with Gasteiger partial charge in [0.25, 0.3) is 0 Å². The molecule has 1 aliphatic carbocycles. The lowest BCUT2D eigenvalue weighted by Gasteiger charge is -2.18. The summed E-state index contributed by atoms with van der Waals surface area (Å²) in [7, 11) is 6.02. The van der Waals surface area contributed by atoms with Crippen LogP contribution in [0.1, 0.15) is 36.4 Å². The Morgan fingerprint density at radius 3 is 2.74 bits per heavy atom. The first-order valence-corrected chi connectivity index (χ1v) is 8.07. The van der Waals surface area contributed by atoms with Gasteiger partial charge in [0.05, 0.1) is 16.8 Å². The predicted octanol–water partition coefficient (Wildman–Crippen LogP) is 3.15. The maximum atomic E-state index is 5.49. The number of hydrogen-bond acceptors (Lipinski definition) is 4. The molecule has 1 aliphatic rings. The molecule has 2 rings (SSSR count). The SMILES string of the molecule is CO[C@H]1CC[C@H](c2ccc(SC)nc2CN(C)C)C1. The molecule has 0 N–H and O–H groups in total. The molecule has 19 heavy (non-hydrogen) atoms. The molecule has 0 radical (unpaired) electrons. The van der Waals surface area contributed by atoms with Crippen molar-refractivity contribution < 1.29 is 4.74 Å². The normalized spacial score (nSPS) is 23.2. The van der Waals surface area contributed by atoms with Crippen molar-refractivity contribution in [3.63, 3.8) is 0 Å². The molecule has 1 heterocycles. The lowest BCUT2D eigenvalue weighted by molar-refractivity contribution is 0.108. The Bertz CT molecular complexity index is 423. The standard InChI is InChI=1S/C15H24N2OS/c1-17(2)10-14-13(7-8-15(16-14)19-4)11-5-6-12(9-11)18-3/h7-8,11-12H,5-6,9-10H2,1-4H3/t11-,12-/m0/s1. The Balaban J connectivity index is 2.23. The van der Waals surface area contributed by atoms with Crippen LogP contribution in [-0.4, -0.2) is 43.4 Å². The molecule has 1 aromatic heterocycles. The number of methoxy groups -OCH3 is 1. The first-order chi connectivity index (χ1) is 9.13. The maximum absolute atomic E-state index is 5.49. The molecule has 0 spiro atoms. The minimum absolute atomic E-state index is 0.428. The Hall–Kier alpha value is -0.580. The third kappa shape index (κ3) is 3.71. The molecular weight excluding hydrogens is 256 g/mol. The summed E-state index contributed by atoms with van der Waals surface area (Å²) in [6, 6.07) is 4.43. The molecule has 1 fully saturated rings. The van der Waals surface area contributed by atoms with E-state index in [2.05, 4.69) is 37.4 Å². The maximum Gasteiger partial charge on any atom is 0.0961 e. The van der Waals surface area contributed by atoms with E-state index in [1.54, 1.807) is 11.8 Å². The fraction of sp³-hybridized carbons (Fsp3) is 0.667. The fourth-order valence-corrected chi connectivity index (χ4v) is 3.25. The van der Waals surface area contributed by atoms with Crippen molar-refractivity contribution in [2.75, 3.05) is 27.5 Å². The van der Waals surface area contributed by atoms with Crippen LogP contribution in [0.25, 0.3) is 0 Å². The zero-order chi connectivity index (χ0) is 13.8. The largest absolute Gasteiger partial charge is 0.381 e. The highest BCUT2D eigenvalue weighted by atomic mass is 32.2. The van der Waals surface area contributed by atoms with Gasteiger partial charge in [0, 0.05) is 13.7 Å². The summed E-state index contributed by atoms with van der Waals surface area (Å²) in [6.07, 6.45) is 6.04. The second kappa shape index (κ2) is 6.73. The highest BCUT2D eigenvalue weighted by Gasteiger charge is 2.27. The molecule has 0 unspecified atom stereocenters. The van der Waals surface area contributed by atoms with Gasteiger partial charge in [-0.15, -0.1) is 11.8 Å². The van der Waals surface area contributed by atoms with Gasteiger partial charge < -0.3 is 9.64 Å². The average molecular weight is 280 g/mol. The van der Waals surface area contributed by atoms with Crippen LogP contribution in [0.5, 0.6) is 0 Å². The number of hydrogen-bond donors (Lipinski definition) is 0. The van der Waals surface area contributed by atoms with Crippen molar-refractivity contribution in [3.8, 4) is 0 Å². The van der Waals surface area contributed by atoms with Crippen LogP contribution in [0.2, 0.25) is 0 Å². The van der Waals surface area contributed by atoms with Crippen LogP contribution in [0, 0.1) is 0 Å². The first-order valence-electron chi connectivity index (χ1n) is 6.85. The summed E-state index contributed by atoms with van der Waals surface area (Å²) in [6.45, 7) is 0.915. The van der Waals surface area contributed by atoms with E-state index in [1.165, 1.54) is 24.1 Å². The van der Waals surface area contributed by atoms with Crippen molar-refractivity contribution in [1.29, 1.82) is 0 Å². The Kier molecular flexibility index (Phi) is 5.25. The first kappa shape index (κ1) is 14.8. The van der Waals surface area contributed by atoms with E-state index >= 15 is 0 Å². The van der Waals surface area contributed by atoms with Crippen LogP contribution >= 0.6 is 11.8 Å². The number of rotatable bonds is 5. The second-order valence-electron chi connectivity index (χ2n) is 5.50. The quantitative estimate of drug-likeness (QED) is 0.774. The Labute approximate surface area is 120 Å². The van der Waals surface area contributed by atoms with Crippen LogP contribution in [-0.2, 0) is 11.3 Å². The molecule has 0 bridgehead atoms. The van der Waals surface area contributed by atoms with E-state index in [1.807, 2.05) is 7.11 Å². The van der Waals surface area contributed by atoms with Crippen LogP contribution in [0.3, 0.4) is 0 Å². The van der Waals surface area contributed by atoms with Gasteiger partial charge in [-0.2, -0.15) is 0 Å². The van der Waals surface area contributed by atoms with E-state index in [0.717, 1.165) is 18.0 Å². The monoisotopic (exact) mass is 280 g/mol. The molecule has 0 aromatic carbocycles. The minimum Gasteiger partial charge on any atom is -0.381 e. The average Bonchev–Trinajstić information content (AvgIpc) is 2.86. The molecular formula is C15H24N2OS. The molecule has 3 nitrogen and oxygen atoms in total. The summed E-state index contributed by atoms with van der Waals surface area (Å²) in [5, 5.41) is 1.11. The summed E-state index contributed by atoms with van der Waals surface area (Å²) < 4.78 is 5.49. The van der Waals surface area contributed by atoms with Gasteiger partial charge >= 0.3 is 0 Å². The van der Waals surface area contributed by atoms with Crippen LogP contribution in [0.4, 0.5) is 0 Å². The van der Waals surface area contributed by atoms with Crippen LogP contribution in [0.15, 0.2) is 17.2 Å². The summed E-state index contributed by atoms with van der Waals surface area (Å²) in [4.78, 5) is 7.00. The summed E-state index contributed by atoms with van der Waals surface area (Å²) in [5.41, 5.74) is 2.66. The van der Waals surface area contributed by atoms with Gasteiger partial charge in [0.2, 0.25) is 0 Å². The van der Waals surface area contributed by atoms with Crippen molar-refractivity contribution in [1.82, 2.24) is 9.88 Å². The highest BCUT2D eigenvalue weighted by molar-refractivity contribution is 7.98. The van der Waals surface area contributed by atoms with E-state index in [9.17, 15) is 0 Å². The smallest absolute Gasteiger partial charge is 0.0961 e. The van der Waals surface area contributed by atoms with E-state index in [-0.39, 0.29) is 0 Å². The third-order valence-corrected chi connectivity index (χ3v) is 4.46. The van der Waals surface area contributed by atoms with Crippen LogP contribution < -0.4 is 0 Å². The zero-order valence-corrected chi connectivity index (χ0v) is 13.2. The molecule has 0 saturated heterocycles. The summed E-state index contributed by atoms with van der Waals surface area (Å²) >= 11 is 1.71. The highest BCUT2D eigenvalue weighted by Crippen LogP contribution is 2.37. The van der Waals surface area contributed by atoms with Crippen molar-refractivity contribution in [3.05, 3.63) is 23.4 Å². The van der Waals surface area contributed by atoms with E-state index < -0.39 is 0 Å². The Morgan fingerprint density at radius 2 is 2.16 bits per heavy atom. The number of pyridine rings is 1.